The van der Waals surface area contributed by atoms with Crippen LogP contribution < -0.4 is 5.32 Å². The van der Waals surface area contributed by atoms with Gasteiger partial charge in [0.2, 0.25) is 11.8 Å². The summed E-state index contributed by atoms with van der Waals surface area (Å²) in [6.45, 7) is 0.580. The molecule has 1 N–H and O–H groups in total. The lowest BCUT2D eigenvalue weighted by molar-refractivity contribution is -0.133. The summed E-state index contributed by atoms with van der Waals surface area (Å²) >= 11 is 4.38. The Morgan fingerprint density at radius 1 is 1.45 bits per heavy atom. The molecule has 0 aliphatic carbocycles. The van der Waals surface area contributed by atoms with Crippen molar-refractivity contribution < 1.29 is 9.59 Å². The van der Waals surface area contributed by atoms with Crippen LogP contribution in [0.2, 0.25) is 0 Å². The number of piperidine rings is 1. The number of carbonyl (C=O) groups is 2. The van der Waals surface area contributed by atoms with Crippen LogP contribution in [-0.4, -0.2) is 41.6 Å². The summed E-state index contributed by atoms with van der Waals surface area (Å²) in [6, 6.07) is 9.87. The number of nitrogens with zero attached hydrogens (tertiary/aromatic N) is 1. The first-order valence-electron chi connectivity index (χ1n) is 6.82. The van der Waals surface area contributed by atoms with Crippen molar-refractivity contribution in [2.24, 2.45) is 0 Å². The van der Waals surface area contributed by atoms with Gasteiger partial charge in [-0.2, -0.15) is 12.6 Å². The van der Waals surface area contributed by atoms with Crippen molar-refractivity contribution in [2.75, 3.05) is 13.6 Å². The second-order valence-electron chi connectivity index (χ2n) is 5.22. The first-order chi connectivity index (χ1) is 9.56. The third-order valence-electron chi connectivity index (χ3n) is 3.55. The number of thiol groups is 1. The topological polar surface area (TPSA) is 49.4 Å². The van der Waals surface area contributed by atoms with Crippen LogP contribution in [0, 0.1) is 0 Å². The molecule has 0 aromatic heterocycles. The van der Waals surface area contributed by atoms with Crippen molar-refractivity contribution in [1.82, 2.24) is 10.2 Å². The lowest BCUT2D eigenvalue weighted by atomic mass is 10.0. The summed E-state index contributed by atoms with van der Waals surface area (Å²) in [6.07, 6.45) is 1.81. The predicted octanol–water partition coefficient (Wildman–Crippen LogP) is 1.26. The van der Waals surface area contributed by atoms with Gasteiger partial charge in [-0.1, -0.05) is 30.3 Å². The van der Waals surface area contributed by atoms with Gasteiger partial charge in [-0.05, 0) is 18.4 Å². The maximum Gasteiger partial charge on any atom is 0.233 e. The van der Waals surface area contributed by atoms with Gasteiger partial charge in [0, 0.05) is 26.1 Å². The molecule has 20 heavy (non-hydrogen) atoms. The van der Waals surface area contributed by atoms with E-state index in [2.05, 4.69) is 17.9 Å². The average Bonchev–Trinajstić information content (AvgIpc) is 2.44. The van der Waals surface area contributed by atoms with E-state index >= 15 is 0 Å². The van der Waals surface area contributed by atoms with Crippen molar-refractivity contribution >= 4 is 24.4 Å². The molecule has 0 radical (unpaired) electrons. The van der Waals surface area contributed by atoms with Crippen LogP contribution in [0.5, 0.6) is 0 Å². The number of hydrogen-bond donors (Lipinski definition) is 2. The molecule has 2 amide bonds. The highest BCUT2D eigenvalue weighted by molar-refractivity contribution is 7.81. The molecule has 0 saturated carbocycles. The minimum Gasteiger partial charge on any atom is -0.351 e. The minimum atomic E-state index is -0.361. The molecule has 0 spiro atoms. The normalized spacial score (nSPS) is 20.6. The Balaban J connectivity index is 1.84. The summed E-state index contributed by atoms with van der Waals surface area (Å²) in [5, 5.41) is 2.62. The molecule has 5 heteroatoms. The molecular formula is C15H20N2O2S. The number of likely N-dealkylation sites (N-methyl/N-ethyl adjacent to an activating group) is 1. The molecular weight excluding hydrogens is 272 g/mol. The predicted molar refractivity (Wildman–Crippen MR) is 81.7 cm³/mol. The maximum absolute atomic E-state index is 12.1. The first-order valence-corrected chi connectivity index (χ1v) is 7.34. The van der Waals surface area contributed by atoms with E-state index in [-0.39, 0.29) is 23.1 Å². The minimum absolute atomic E-state index is 0.0376. The molecule has 1 aromatic carbocycles. The third kappa shape index (κ3) is 4.00. The molecule has 1 fully saturated rings. The van der Waals surface area contributed by atoms with Gasteiger partial charge >= 0.3 is 0 Å². The van der Waals surface area contributed by atoms with E-state index in [0.29, 0.717) is 25.8 Å². The van der Waals surface area contributed by atoms with Gasteiger partial charge in [-0.3, -0.25) is 9.59 Å². The van der Waals surface area contributed by atoms with Gasteiger partial charge < -0.3 is 10.2 Å². The van der Waals surface area contributed by atoms with E-state index in [0.717, 1.165) is 5.56 Å². The first kappa shape index (κ1) is 14.9. The van der Waals surface area contributed by atoms with E-state index in [1.807, 2.05) is 30.3 Å². The van der Waals surface area contributed by atoms with E-state index in [1.165, 1.54) is 0 Å². The number of nitrogens with one attached hydrogen (secondary N) is 1. The molecule has 0 bridgehead atoms. The second kappa shape index (κ2) is 6.79. The van der Waals surface area contributed by atoms with E-state index < -0.39 is 0 Å². The highest BCUT2D eigenvalue weighted by Crippen LogP contribution is 2.12. The van der Waals surface area contributed by atoms with Crippen molar-refractivity contribution in [3.05, 3.63) is 35.9 Å². The van der Waals surface area contributed by atoms with E-state index in [4.69, 9.17) is 0 Å². The van der Waals surface area contributed by atoms with Crippen LogP contribution in [0.3, 0.4) is 0 Å². The fourth-order valence-corrected chi connectivity index (χ4v) is 2.64. The average molecular weight is 292 g/mol. The highest BCUT2D eigenvalue weighted by atomic mass is 32.1. The van der Waals surface area contributed by atoms with Crippen molar-refractivity contribution in [2.45, 2.75) is 30.6 Å². The molecule has 1 aliphatic rings. The van der Waals surface area contributed by atoms with Gasteiger partial charge in [0.25, 0.3) is 0 Å². The fraction of sp³-hybridized carbons (Fsp3) is 0.467. The van der Waals surface area contributed by atoms with Gasteiger partial charge in [0.15, 0.2) is 0 Å². The second-order valence-corrected chi connectivity index (χ2v) is 5.85. The SMILES string of the molecule is CN1CC(NC(=O)C(S)Cc2ccccc2)CCC1=O. The third-order valence-corrected chi connectivity index (χ3v) is 3.96. The van der Waals surface area contributed by atoms with Crippen LogP contribution >= 0.6 is 12.6 Å². The van der Waals surface area contributed by atoms with Crippen LogP contribution in [-0.2, 0) is 16.0 Å². The Morgan fingerprint density at radius 2 is 2.15 bits per heavy atom. The molecule has 1 aliphatic heterocycles. The van der Waals surface area contributed by atoms with Gasteiger partial charge in [0.05, 0.1) is 5.25 Å². The van der Waals surface area contributed by atoms with Crippen molar-refractivity contribution in [3.63, 3.8) is 0 Å². The van der Waals surface area contributed by atoms with Crippen LogP contribution in [0.4, 0.5) is 0 Å². The molecule has 1 heterocycles. The molecule has 108 valence electrons. The van der Waals surface area contributed by atoms with Crippen LogP contribution in [0.1, 0.15) is 18.4 Å². The monoisotopic (exact) mass is 292 g/mol. The zero-order valence-corrected chi connectivity index (χ0v) is 12.5. The van der Waals surface area contributed by atoms with E-state index in [9.17, 15) is 9.59 Å². The summed E-state index contributed by atoms with van der Waals surface area (Å²) in [7, 11) is 1.77. The fourth-order valence-electron chi connectivity index (χ4n) is 2.36. The number of rotatable bonds is 4. The Bertz CT molecular complexity index is 478. The van der Waals surface area contributed by atoms with Gasteiger partial charge in [-0.15, -0.1) is 0 Å². The summed E-state index contributed by atoms with van der Waals surface area (Å²) in [5.74, 6) is 0.0761. The van der Waals surface area contributed by atoms with Gasteiger partial charge in [0.1, 0.15) is 0 Å². The number of amides is 2. The summed E-state index contributed by atoms with van der Waals surface area (Å²) in [5.41, 5.74) is 1.10. The Morgan fingerprint density at radius 3 is 2.80 bits per heavy atom. The van der Waals surface area contributed by atoms with E-state index in [1.54, 1.807) is 11.9 Å². The number of hydrogen-bond acceptors (Lipinski definition) is 3. The quantitative estimate of drug-likeness (QED) is 0.821. The summed E-state index contributed by atoms with van der Waals surface area (Å²) in [4.78, 5) is 25.2. The molecule has 1 saturated heterocycles. The smallest absolute Gasteiger partial charge is 0.233 e. The van der Waals surface area contributed by atoms with Gasteiger partial charge in [-0.25, -0.2) is 0 Å². The molecule has 4 nitrogen and oxygen atoms in total. The Labute approximate surface area is 124 Å². The zero-order chi connectivity index (χ0) is 14.5. The van der Waals surface area contributed by atoms with Crippen LogP contribution in [0.15, 0.2) is 30.3 Å². The van der Waals surface area contributed by atoms with Crippen molar-refractivity contribution in [1.29, 1.82) is 0 Å². The Hall–Kier alpha value is -1.49. The summed E-state index contributed by atoms with van der Waals surface area (Å²) < 4.78 is 0. The lowest BCUT2D eigenvalue weighted by Gasteiger charge is -2.30. The molecule has 2 atom stereocenters. The zero-order valence-electron chi connectivity index (χ0n) is 11.6. The molecule has 2 unspecified atom stereocenters. The number of benzene rings is 1. The Kier molecular flexibility index (Phi) is 5.06. The number of carbonyl (C=O) groups excluding carboxylic acids is 2. The highest BCUT2D eigenvalue weighted by Gasteiger charge is 2.25. The van der Waals surface area contributed by atoms with Crippen LogP contribution in [0.25, 0.3) is 0 Å². The molecule has 1 aromatic rings. The maximum atomic E-state index is 12.1. The number of likely N-dealkylation sites (tertiary alicyclic amines) is 1. The lowest BCUT2D eigenvalue weighted by Crippen LogP contribution is -2.50. The standard InChI is InChI=1S/C15H20N2O2S/c1-17-10-12(7-8-14(17)18)16-15(19)13(20)9-11-5-3-2-4-6-11/h2-6,12-13,20H,7-10H2,1H3,(H,16,19). The molecule has 2 rings (SSSR count). The largest absolute Gasteiger partial charge is 0.351 e. The van der Waals surface area contributed by atoms with Crippen molar-refractivity contribution in [3.8, 4) is 0 Å².